The van der Waals surface area contributed by atoms with Gasteiger partial charge in [0.2, 0.25) is 0 Å². The molecule has 1 atom stereocenters. The van der Waals surface area contributed by atoms with E-state index in [-0.39, 0.29) is 0 Å². The fraction of sp³-hybridized carbons (Fsp3) is 0.429. The normalized spacial score (nSPS) is 16.5. The van der Waals surface area contributed by atoms with E-state index in [1.54, 1.807) is 13.4 Å². The molecule has 5 nitrogen and oxygen atoms in total. The van der Waals surface area contributed by atoms with Gasteiger partial charge in [0, 0.05) is 35.2 Å². The quantitative estimate of drug-likeness (QED) is 0.544. The molecule has 1 unspecified atom stereocenters. The summed E-state index contributed by atoms with van der Waals surface area (Å²) in [6, 6.07) is 8.18. The molecule has 28 heavy (non-hydrogen) atoms. The second kappa shape index (κ2) is 8.86. The van der Waals surface area contributed by atoms with Crippen molar-refractivity contribution < 1.29 is 4.74 Å². The molecule has 2 heterocycles. The highest BCUT2D eigenvalue weighted by Gasteiger charge is 2.25. The van der Waals surface area contributed by atoms with Crippen molar-refractivity contribution in [2.75, 3.05) is 39.2 Å². The average Bonchev–Trinajstić information content (AvgIpc) is 3.05. The van der Waals surface area contributed by atoms with Crippen LogP contribution < -0.4 is 5.32 Å². The number of nitrogens with zero attached hydrogens (tertiary/aromatic N) is 3. The molecule has 7 heteroatoms. The minimum Gasteiger partial charge on any atom is -0.383 e. The lowest BCUT2D eigenvalue weighted by Gasteiger charge is -2.27. The third kappa shape index (κ3) is 4.38. The Hall–Kier alpha value is -1.54. The van der Waals surface area contributed by atoms with Gasteiger partial charge >= 0.3 is 0 Å². The van der Waals surface area contributed by atoms with Gasteiger partial charge in [-0.25, -0.2) is 9.97 Å². The summed E-state index contributed by atoms with van der Waals surface area (Å²) in [5.41, 5.74) is 2.47. The number of anilines is 2. The van der Waals surface area contributed by atoms with Crippen LogP contribution in [0.4, 0.5) is 11.5 Å². The summed E-state index contributed by atoms with van der Waals surface area (Å²) in [6.07, 6.45) is 5.10. The topological polar surface area (TPSA) is 50.3 Å². The predicted molar refractivity (Wildman–Crippen MR) is 120 cm³/mol. The van der Waals surface area contributed by atoms with Crippen molar-refractivity contribution in [2.24, 2.45) is 5.92 Å². The molecule has 0 bridgehead atoms. The van der Waals surface area contributed by atoms with E-state index >= 15 is 0 Å². The molecule has 0 fully saturated rings. The van der Waals surface area contributed by atoms with Gasteiger partial charge in [0.1, 0.15) is 17.0 Å². The van der Waals surface area contributed by atoms with Crippen LogP contribution in [0.15, 0.2) is 35.1 Å². The maximum Gasteiger partial charge on any atom is 0.142 e. The number of benzene rings is 1. The molecular formula is C21H25BrN4OS. The molecule has 4 rings (SSSR count). The molecule has 2 aromatic heterocycles. The van der Waals surface area contributed by atoms with E-state index in [1.807, 2.05) is 23.5 Å². The van der Waals surface area contributed by atoms with Gasteiger partial charge in [-0.2, -0.15) is 0 Å². The number of nitrogens with one attached hydrogen (secondary N) is 1. The van der Waals surface area contributed by atoms with Crippen LogP contribution in [0.5, 0.6) is 0 Å². The molecule has 0 amide bonds. The molecule has 0 radical (unpaired) electrons. The van der Waals surface area contributed by atoms with Crippen molar-refractivity contribution in [3.8, 4) is 0 Å². The first kappa shape index (κ1) is 19.8. The zero-order valence-corrected chi connectivity index (χ0v) is 18.6. The number of rotatable bonds is 7. The Balaban J connectivity index is 1.56. The third-order valence-electron chi connectivity index (χ3n) is 5.28. The number of hydrogen-bond donors (Lipinski definition) is 1. The highest BCUT2D eigenvalue weighted by molar-refractivity contribution is 9.10. The van der Waals surface area contributed by atoms with Gasteiger partial charge in [-0.15, -0.1) is 11.3 Å². The Labute approximate surface area is 178 Å². The molecule has 0 spiro atoms. The van der Waals surface area contributed by atoms with Gasteiger partial charge in [-0.05, 0) is 56.0 Å². The summed E-state index contributed by atoms with van der Waals surface area (Å²) >= 11 is 5.37. The second-order valence-electron chi connectivity index (χ2n) is 7.41. The summed E-state index contributed by atoms with van der Waals surface area (Å²) in [7, 11) is 3.95. The molecule has 3 aromatic rings. The van der Waals surface area contributed by atoms with Crippen LogP contribution in [-0.2, 0) is 17.6 Å². The number of fused-ring (bicyclic) bond motifs is 3. The average molecular weight is 461 g/mol. The van der Waals surface area contributed by atoms with E-state index in [4.69, 9.17) is 4.74 Å². The fourth-order valence-electron chi connectivity index (χ4n) is 3.91. The van der Waals surface area contributed by atoms with Crippen molar-refractivity contribution in [1.29, 1.82) is 0 Å². The minimum absolute atomic E-state index is 0.692. The van der Waals surface area contributed by atoms with Gasteiger partial charge < -0.3 is 15.0 Å². The van der Waals surface area contributed by atoms with Gasteiger partial charge in [0.15, 0.2) is 0 Å². The van der Waals surface area contributed by atoms with Gasteiger partial charge in [-0.1, -0.05) is 22.0 Å². The number of hydrogen-bond acceptors (Lipinski definition) is 6. The van der Waals surface area contributed by atoms with Crippen LogP contribution >= 0.6 is 27.3 Å². The highest BCUT2D eigenvalue weighted by Crippen LogP contribution is 2.40. The number of methoxy groups -OCH3 is 1. The number of ether oxygens (including phenoxy) is 1. The molecule has 0 saturated carbocycles. The lowest BCUT2D eigenvalue weighted by atomic mass is 9.87. The fourth-order valence-corrected chi connectivity index (χ4v) is 5.61. The molecule has 1 aliphatic rings. The van der Waals surface area contributed by atoms with Crippen LogP contribution in [0.25, 0.3) is 10.2 Å². The number of aryl methyl sites for hydroxylation is 1. The Morgan fingerprint density at radius 2 is 2.25 bits per heavy atom. The van der Waals surface area contributed by atoms with E-state index in [0.717, 1.165) is 53.3 Å². The van der Waals surface area contributed by atoms with Crippen LogP contribution in [0.3, 0.4) is 0 Å². The monoisotopic (exact) mass is 460 g/mol. The van der Waals surface area contributed by atoms with Crippen LogP contribution in [-0.4, -0.2) is 48.7 Å². The summed E-state index contributed by atoms with van der Waals surface area (Å²) in [6.45, 7) is 2.89. The van der Waals surface area contributed by atoms with Crippen molar-refractivity contribution >= 4 is 49.0 Å². The van der Waals surface area contributed by atoms with Crippen molar-refractivity contribution in [3.05, 3.63) is 45.5 Å². The molecule has 148 valence electrons. The van der Waals surface area contributed by atoms with Crippen molar-refractivity contribution in [1.82, 2.24) is 14.9 Å². The van der Waals surface area contributed by atoms with E-state index in [0.29, 0.717) is 5.92 Å². The number of halogens is 1. The highest BCUT2D eigenvalue weighted by atomic mass is 79.9. The van der Waals surface area contributed by atoms with Crippen molar-refractivity contribution in [2.45, 2.75) is 19.3 Å². The van der Waals surface area contributed by atoms with Crippen molar-refractivity contribution in [3.63, 3.8) is 0 Å². The molecule has 1 N–H and O–H groups in total. The summed E-state index contributed by atoms with van der Waals surface area (Å²) in [4.78, 5) is 14.1. The zero-order valence-electron chi connectivity index (χ0n) is 16.2. The van der Waals surface area contributed by atoms with Crippen LogP contribution in [0, 0.1) is 5.92 Å². The maximum absolute atomic E-state index is 5.20. The van der Waals surface area contributed by atoms with Crippen LogP contribution in [0.2, 0.25) is 0 Å². The SMILES string of the molecule is COCCN(C)CC1CCc2c(sc3ncnc(Nc4cccc(Br)c4)c23)C1. The van der Waals surface area contributed by atoms with Gasteiger partial charge in [0.25, 0.3) is 0 Å². The van der Waals surface area contributed by atoms with Crippen LogP contribution in [0.1, 0.15) is 16.9 Å². The number of likely N-dealkylation sites (N-methyl/N-ethyl adjacent to an activating group) is 1. The summed E-state index contributed by atoms with van der Waals surface area (Å²) in [5.74, 6) is 1.60. The maximum atomic E-state index is 5.20. The van der Waals surface area contributed by atoms with E-state index in [1.165, 1.54) is 22.2 Å². The Bertz CT molecular complexity index is 961. The molecular weight excluding hydrogens is 436 g/mol. The van der Waals surface area contributed by atoms with E-state index < -0.39 is 0 Å². The largest absolute Gasteiger partial charge is 0.383 e. The number of thiophene rings is 1. The molecule has 1 aromatic carbocycles. The van der Waals surface area contributed by atoms with Gasteiger partial charge in [0.05, 0.1) is 12.0 Å². The summed E-state index contributed by atoms with van der Waals surface area (Å²) in [5, 5.41) is 4.70. The first-order valence-corrected chi connectivity index (χ1v) is 11.2. The first-order chi connectivity index (χ1) is 13.6. The minimum atomic E-state index is 0.692. The molecule has 0 aliphatic heterocycles. The predicted octanol–water partition coefficient (Wildman–Crippen LogP) is 4.88. The molecule has 1 aliphatic carbocycles. The third-order valence-corrected chi connectivity index (χ3v) is 6.94. The first-order valence-electron chi connectivity index (χ1n) is 9.59. The van der Waals surface area contributed by atoms with E-state index in [2.05, 4.69) is 55.3 Å². The lowest BCUT2D eigenvalue weighted by molar-refractivity contribution is 0.150. The smallest absolute Gasteiger partial charge is 0.142 e. The van der Waals surface area contributed by atoms with E-state index in [9.17, 15) is 0 Å². The van der Waals surface area contributed by atoms with Gasteiger partial charge in [-0.3, -0.25) is 0 Å². The lowest BCUT2D eigenvalue weighted by Crippen LogP contribution is -2.31. The number of aromatic nitrogens is 2. The zero-order chi connectivity index (χ0) is 19.5. The Morgan fingerprint density at radius 3 is 3.07 bits per heavy atom. The second-order valence-corrected chi connectivity index (χ2v) is 9.40. The molecule has 0 saturated heterocycles. The standard InChI is InChI=1S/C21H25BrN4OS/c1-26(8-9-27-2)12-14-6-7-17-18(10-14)28-21-19(17)20(23-13-24-21)25-16-5-3-4-15(22)11-16/h3-5,11,13-14H,6-10,12H2,1-2H3,(H,23,24,25). The Kier molecular flexibility index (Phi) is 6.25. The summed E-state index contributed by atoms with van der Waals surface area (Å²) < 4.78 is 6.25. The Morgan fingerprint density at radius 1 is 1.36 bits per heavy atom.